The van der Waals surface area contributed by atoms with Crippen molar-refractivity contribution >= 4 is 11.7 Å². The number of hydrogen-bond acceptors (Lipinski definition) is 5. The summed E-state index contributed by atoms with van der Waals surface area (Å²) in [6.45, 7) is 0.0223. The Labute approximate surface area is 169 Å². The molecule has 0 radical (unpaired) electrons. The fraction of sp³-hybridized carbons (Fsp3) is 0.476. The summed E-state index contributed by atoms with van der Waals surface area (Å²) in [4.78, 5) is 14.0. The zero-order chi connectivity index (χ0) is 19.6. The van der Waals surface area contributed by atoms with Crippen molar-refractivity contribution in [2.45, 2.75) is 63.5 Å². The molecule has 0 atom stereocenters. The smallest absolute Gasteiger partial charge is 0.249 e. The second-order valence-electron chi connectivity index (χ2n) is 8.02. The lowest BCUT2D eigenvalue weighted by molar-refractivity contribution is -0.117. The first kappa shape index (κ1) is 18.0. The summed E-state index contributed by atoms with van der Waals surface area (Å²) < 4.78 is 2.05. The molecule has 2 saturated carbocycles. The van der Waals surface area contributed by atoms with Gasteiger partial charge >= 0.3 is 0 Å². The Bertz CT molecular complexity index is 984. The van der Waals surface area contributed by atoms with E-state index >= 15 is 0 Å². The Kier molecular flexibility index (Phi) is 4.83. The largest absolute Gasteiger partial charge is 0.309 e. The van der Waals surface area contributed by atoms with Gasteiger partial charge in [-0.15, -0.1) is 10.2 Å². The molecule has 5 rings (SSSR count). The zero-order valence-corrected chi connectivity index (χ0v) is 16.4. The van der Waals surface area contributed by atoms with Crippen LogP contribution in [0.2, 0.25) is 0 Å². The van der Waals surface area contributed by atoms with Crippen LogP contribution in [0.25, 0.3) is 11.4 Å². The molecule has 2 aromatic heterocycles. The normalized spacial score (nSPS) is 17.4. The molecule has 0 bridgehead atoms. The van der Waals surface area contributed by atoms with E-state index in [1.165, 1.54) is 36.9 Å². The van der Waals surface area contributed by atoms with E-state index in [1.807, 2.05) is 36.4 Å². The molecule has 1 aromatic carbocycles. The van der Waals surface area contributed by atoms with Crippen molar-refractivity contribution in [1.29, 1.82) is 0 Å². The number of nitrogens with one attached hydrogen (secondary N) is 1. The van der Waals surface area contributed by atoms with Crippen molar-refractivity contribution < 1.29 is 4.79 Å². The van der Waals surface area contributed by atoms with E-state index in [2.05, 4.69) is 25.4 Å². The number of carbonyl (C=O) groups is 1. The number of benzene rings is 1. The third-order valence-electron chi connectivity index (χ3n) is 5.71. The number of carbonyl (C=O) groups excluding carboxylic acids is 1. The molecule has 1 amide bonds. The monoisotopic (exact) mass is 391 g/mol. The van der Waals surface area contributed by atoms with E-state index in [-0.39, 0.29) is 12.5 Å². The maximum absolute atomic E-state index is 12.7. The Morgan fingerprint density at radius 2 is 1.83 bits per heavy atom. The summed E-state index contributed by atoms with van der Waals surface area (Å²) in [7, 11) is 0. The van der Waals surface area contributed by atoms with E-state index in [4.69, 9.17) is 5.10 Å². The number of aromatic nitrogens is 6. The summed E-state index contributed by atoms with van der Waals surface area (Å²) in [6, 6.07) is 12.0. The summed E-state index contributed by atoms with van der Waals surface area (Å²) >= 11 is 0. The predicted molar refractivity (Wildman–Crippen MR) is 108 cm³/mol. The van der Waals surface area contributed by atoms with Crippen molar-refractivity contribution in [2.24, 2.45) is 0 Å². The molecular weight excluding hydrogens is 366 g/mol. The standard InChI is InChI=1S/C21H25N7O/c29-20(14-27-25-21(23-26-27)16-7-3-1-4-8-16)22-19-13-18(15-11-12-15)24-28(19)17-9-5-2-6-10-17/h1,3-4,7-8,13,15,17H,2,5-6,9-12,14H2,(H,22,29). The Hall–Kier alpha value is -3.03. The maximum atomic E-state index is 12.7. The Balaban J connectivity index is 1.30. The van der Waals surface area contributed by atoms with Gasteiger partial charge in [-0.05, 0) is 30.9 Å². The number of nitrogens with zero attached hydrogens (tertiary/aromatic N) is 6. The number of rotatable bonds is 6. The van der Waals surface area contributed by atoms with Gasteiger partial charge in [-0.3, -0.25) is 4.79 Å². The first-order chi connectivity index (χ1) is 14.3. The minimum atomic E-state index is -0.165. The number of tetrazole rings is 1. The Morgan fingerprint density at radius 3 is 2.59 bits per heavy atom. The van der Waals surface area contributed by atoms with Crippen LogP contribution in [0, 0.1) is 0 Å². The van der Waals surface area contributed by atoms with Gasteiger partial charge in [-0.25, -0.2) is 4.68 Å². The second kappa shape index (κ2) is 7.77. The van der Waals surface area contributed by atoms with Crippen molar-refractivity contribution in [3.63, 3.8) is 0 Å². The minimum absolute atomic E-state index is 0.0223. The van der Waals surface area contributed by atoms with Gasteiger partial charge < -0.3 is 5.32 Å². The molecule has 0 unspecified atom stereocenters. The van der Waals surface area contributed by atoms with Crippen molar-refractivity contribution in [1.82, 2.24) is 30.0 Å². The number of amides is 1. The van der Waals surface area contributed by atoms with Gasteiger partial charge in [0.15, 0.2) is 0 Å². The molecule has 2 aliphatic rings. The molecule has 150 valence electrons. The van der Waals surface area contributed by atoms with Crippen LogP contribution in [0.5, 0.6) is 0 Å². The minimum Gasteiger partial charge on any atom is -0.309 e. The van der Waals surface area contributed by atoms with Crippen molar-refractivity contribution in [2.75, 3.05) is 5.32 Å². The molecule has 0 spiro atoms. The van der Waals surface area contributed by atoms with Gasteiger partial charge in [0.25, 0.3) is 0 Å². The summed E-state index contributed by atoms with van der Waals surface area (Å²) in [5.41, 5.74) is 1.99. The van der Waals surface area contributed by atoms with Crippen molar-refractivity contribution in [3.8, 4) is 11.4 Å². The molecule has 2 aliphatic carbocycles. The molecule has 3 aromatic rings. The first-order valence-electron chi connectivity index (χ1n) is 10.5. The van der Waals surface area contributed by atoms with E-state index in [9.17, 15) is 4.79 Å². The zero-order valence-electron chi connectivity index (χ0n) is 16.4. The van der Waals surface area contributed by atoms with E-state index in [0.29, 0.717) is 17.8 Å². The number of anilines is 1. The average Bonchev–Trinajstić information content (AvgIpc) is 3.37. The van der Waals surface area contributed by atoms with Crippen LogP contribution in [0.1, 0.15) is 62.6 Å². The first-order valence-corrected chi connectivity index (χ1v) is 10.5. The quantitative estimate of drug-likeness (QED) is 0.694. The average molecular weight is 391 g/mol. The van der Waals surface area contributed by atoms with Gasteiger partial charge in [0.05, 0.1) is 11.7 Å². The molecule has 0 saturated heterocycles. The van der Waals surface area contributed by atoms with Crippen LogP contribution in [0.15, 0.2) is 36.4 Å². The van der Waals surface area contributed by atoms with E-state index < -0.39 is 0 Å². The lowest BCUT2D eigenvalue weighted by atomic mass is 9.96. The maximum Gasteiger partial charge on any atom is 0.249 e. The molecule has 8 heteroatoms. The SMILES string of the molecule is O=C(Cn1nnc(-c2ccccc2)n1)Nc1cc(C2CC2)nn1C1CCCCC1. The number of hydrogen-bond donors (Lipinski definition) is 1. The molecule has 1 N–H and O–H groups in total. The van der Waals surface area contributed by atoms with Crippen LogP contribution in [0.3, 0.4) is 0 Å². The molecule has 2 heterocycles. The van der Waals surface area contributed by atoms with Gasteiger partial charge in [0.2, 0.25) is 11.7 Å². The Morgan fingerprint density at radius 1 is 1.03 bits per heavy atom. The van der Waals surface area contributed by atoms with Crippen LogP contribution in [-0.4, -0.2) is 35.9 Å². The highest BCUT2D eigenvalue weighted by molar-refractivity contribution is 5.89. The van der Waals surface area contributed by atoms with E-state index in [1.54, 1.807) is 0 Å². The van der Waals surface area contributed by atoms with Gasteiger partial charge in [-0.2, -0.15) is 9.90 Å². The highest BCUT2D eigenvalue weighted by Crippen LogP contribution is 2.41. The lowest BCUT2D eigenvalue weighted by Gasteiger charge is -2.23. The van der Waals surface area contributed by atoms with Gasteiger partial charge in [-0.1, -0.05) is 49.6 Å². The van der Waals surface area contributed by atoms with Gasteiger partial charge in [0, 0.05) is 17.5 Å². The molecule has 2 fully saturated rings. The topological polar surface area (TPSA) is 90.5 Å². The predicted octanol–water partition coefficient (Wildman–Crippen LogP) is 3.56. The molecule has 0 aliphatic heterocycles. The van der Waals surface area contributed by atoms with Crippen LogP contribution >= 0.6 is 0 Å². The lowest BCUT2D eigenvalue weighted by Crippen LogP contribution is -2.24. The third kappa shape index (κ3) is 4.06. The fourth-order valence-electron chi connectivity index (χ4n) is 4.01. The molecule has 8 nitrogen and oxygen atoms in total. The fourth-order valence-corrected chi connectivity index (χ4v) is 4.01. The summed E-state index contributed by atoms with van der Waals surface area (Å²) in [5.74, 6) is 1.70. The summed E-state index contributed by atoms with van der Waals surface area (Å²) in [6.07, 6.45) is 8.38. The van der Waals surface area contributed by atoms with E-state index in [0.717, 1.165) is 29.9 Å². The highest BCUT2D eigenvalue weighted by Gasteiger charge is 2.29. The molecular formula is C21H25N7O. The second-order valence-corrected chi connectivity index (χ2v) is 8.02. The van der Waals surface area contributed by atoms with Crippen LogP contribution in [0.4, 0.5) is 5.82 Å². The van der Waals surface area contributed by atoms with Crippen molar-refractivity contribution in [3.05, 3.63) is 42.1 Å². The molecule has 29 heavy (non-hydrogen) atoms. The van der Waals surface area contributed by atoms with Crippen LogP contribution < -0.4 is 5.32 Å². The third-order valence-corrected chi connectivity index (χ3v) is 5.71. The summed E-state index contributed by atoms with van der Waals surface area (Å²) in [5, 5.41) is 20.3. The van der Waals surface area contributed by atoms with Gasteiger partial charge in [0.1, 0.15) is 12.4 Å². The van der Waals surface area contributed by atoms with Crippen LogP contribution in [-0.2, 0) is 11.3 Å². The highest BCUT2D eigenvalue weighted by atomic mass is 16.2.